The summed E-state index contributed by atoms with van der Waals surface area (Å²) in [5.74, 6) is -0.595. The van der Waals surface area contributed by atoms with Crippen LogP contribution in [0.1, 0.15) is 17.0 Å². The van der Waals surface area contributed by atoms with Crippen LogP contribution >= 0.6 is 23.4 Å². The Kier molecular flexibility index (Phi) is 7.65. The molecule has 0 bridgehead atoms. The highest BCUT2D eigenvalue weighted by atomic mass is 35.5. The zero-order valence-corrected chi connectivity index (χ0v) is 19.1. The Morgan fingerprint density at radius 2 is 1.76 bits per heavy atom. The Bertz CT molecular complexity index is 1170. The third-order valence-electron chi connectivity index (χ3n) is 4.48. The topological polar surface area (TPSA) is 88.9 Å². The molecule has 0 radical (unpaired) electrons. The van der Waals surface area contributed by atoms with Crippen LogP contribution in [0.2, 0.25) is 5.02 Å². The van der Waals surface area contributed by atoms with Gasteiger partial charge >= 0.3 is 6.18 Å². The molecule has 1 heterocycles. The minimum atomic E-state index is -4.56. The normalized spacial score (nSPS) is 11.3. The van der Waals surface area contributed by atoms with Gasteiger partial charge in [0.25, 0.3) is 0 Å². The second-order valence-electron chi connectivity index (χ2n) is 7.08. The summed E-state index contributed by atoms with van der Waals surface area (Å²) in [7, 11) is 1.65. The number of thioether (sulfide) groups is 1. The molecule has 2 N–H and O–H groups in total. The fourth-order valence-corrected chi connectivity index (χ4v) is 3.62. The fraction of sp³-hybridized carbons (Fsp3) is 0.238. The van der Waals surface area contributed by atoms with Gasteiger partial charge in [-0.05, 0) is 37.3 Å². The van der Waals surface area contributed by atoms with Crippen LogP contribution in [0.3, 0.4) is 0 Å². The number of rotatable bonds is 7. The standard InChI is InChI=1S/C21H19ClF3N5O2S/c1-12-3-6-14(7-4-12)26-18(31)10-17-28-29-20(30(17)2)33-11-19(32)27-16-9-13(21(23,24)25)5-8-15(16)22/h3-9H,10-11H2,1-2H3,(H,26,31)(H,27,32). The van der Waals surface area contributed by atoms with Gasteiger partial charge in [0.15, 0.2) is 5.16 Å². The highest BCUT2D eigenvalue weighted by Gasteiger charge is 2.31. The van der Waals surface area contributed by atoms with Gasteiger partial charge in [-0.3, -0.25) is 9.59 Å². The fourth-order valence-electron chi connectivity index (χ4n) is 2.72. The SMILES string of the molecule is Cc1ccc(NC(=O)Cc2nnc(SCC(=O)Nc3cc(C(F)(F)F)ccc3Cl)n2C)cc1. The summed E-state index contributed by atoms with van der Waals surface area (Å²) < 4.78 is 40.2. The molecular formula is C21H19ClF3N5O2S. The summed E-state index contributed by atoms with van der Waals surface area (Å²) in [6, 6.07) is 10.0. The average Bonchev–Trinajstić information content (AvgIpc) is 3.08. The molecule has 3 rings (SSSR count). The van der Waals surface area contributed by atoms with Crippen LogP contribution in [-0.4, -0.2) is 32.3 Å². The van der Waals surface area contributed by atoms with Gasteiger partial charge < -0.3 is 15.2 Å². The van der Waals surface area contributed by atoms with Crippen molar-refractivity contribution in [1.29, 1.82) is 0 Å². The lowest BCUT2D eigenvalue weighted by molar-refractivity contribution is -0.137. The predicted molar refractivity (Wildman–Crippen MR) is 120 cm³/mol. The van der Waals surface area contributed by atoms with E-state index in [-0.39, 0.29) is 28.8 Å². The van der Waals surface area contributed by atoms with Gasteiger partial charge in [-0.15, -0.1) is 10.2 Å². The molecule has 174 valence electrons. The van der Waals surface area contributed by atoms with Gasteiger partial charge in [0.2, 0.25) is 11.8 Å². The molecule has 33 heavy (non-hydrogen) atoms. The molecular weight excluding hydrogens is 479 g/mol. The zero-order chi connectivity index (χ0) is 24.2. The van der Waals surface area contributed by atoms with Crippen LogP contribution in [0.4, 0.5) is 24.5 Å². The van der Waals surface area contributed by atoms with Crippen LogP contribution in [0.5, 0.6) is 0 Å². The van der Waals surface area contributed by atoms with Crippen LogP contribution in [0.25, 0.3) is 0 Å². The predicted octanol–water partition coefficient (Wildman–Crippen LogP) is 4.71. The van der Waals surface area contributed by atoms with Crippen molar-refractivity contribution in [2.45, 2.75) is 24.7 Å². The second-order valence-corrected chi connectivity index (χ2v) is 8.43. The van der Waals surface area contributed by atoms with E-state index in [1.165, 1.54) is 0 Å². The molecule has 1 aromatic heterocycles. The van der Waals surface area contributed by atoms with Crippen molar-refractivity contribution in [2.75, 3.05) is 16.4 Å². The Balaban J connectivity index is 1.56. The van der Waals surface area contributed by atoms with E-state index in [1.54, 1.807) is 23.7 Å². The molecule has 0 fully saturated rings. The third-order valence-corrected chi connectivity index (χ3v) is 5.83. The van der Waals surface area contributed by atoms with Gasteiger partial charge in [-0.1, -0.05) is 41.1 Å². The molecule has 12 heteroatoms. The highest BCUT2D eigenvalue weighted by molar-refractivity contribution is 7.99. The van der Waals surface area contributed by atoms with E-state index in [4.69, 9.17) is 11.6 Å². The molecule has 0 atom stereocenters. The number of amides is 2. The maximum Gasteiger partial charge on any atom is 0.416 e. The molecule has 0 unspecified atom stereocenters. The van der Waals surface area contributed by atoms with Crippen LogP contribution in [-0.2, 0) is 29.2 Å². The van der Waals surface area contributed by atoms with Crippen molar-refractivity contribution >= 4 is 46.6 Å². The van der Waals surface area contributed by atoms with E-state index in [0.29, 0.717) is 16.7 Å². The van der Waals surface area contributed by atoms with Gasteiger partial charge in [0.05, 0.1) is 28.4 Å². The van der Waals surface area contributed by atoms with Gasteiger partial charge in [-0.25, -0.2) is 0 Å². The molecule has 2 amide bonds. The summed E-state index contributed by atoms with van der Waals surface area (Å²) in [4.78, 5) is 24.5. The first kappa shape index (κ1) is 24.6. The maximum atomic E-state index is 12.9. The smallest absolute Gasteiger partial charge is 0.326 e. The van der Waals surface area contributed by atoms with E-state index in [0.717, 1.165) is 35.5 Å². The van der Waals surface area contributed by atoms with Crippen molar-refractivity contribution in [3.8, 4) is 0 Å². The number of aromatic nitrogens is 3. The van der Waals surface area contributed by atoms with Crippen LogP contribution in [0, 0.1) is 6.92 Å². The Hall–Kier alpha value is -3.05. The molecule has 2 aromatic carbocycles. The number of hydrogen-bond acceptors (Lipinski definition) is 5. The maximum absolute atomic E-state index is 12.9. The first-order valence-electron chi connectivity index (χ1n) is 9.57. The van der Waals surface area contributed by atoms with E-state index in [2.05, 4.69) is 20.8 Å². The molecule has 0 aliphatic carbocycles. The second kappa shape index (κ2) is 10.3. The molecule has 0 saturated carbocycles. The number of nitrogens with one attached hydrogen (secondary N) is 2. The van der Waals surface area contributed by atoms with Crippen molar-refractivity contribution in [1.82, 2.24) is 14.8 Å². The van der Waals surface area contributed by atoms with E-state index in [1.807, 2.05) is 19.1 Å². The van der Waals surface area contributed by atoms with Crippen molar-refractivity contribution in [3.05, 3.63) is 64.4 Å². The number of alkyl halides is 3. The molecule has 0 spiro atoms. The quantitative estimate of drug-likeness (QED) is 0.462. The number of carbonyl (C=O) groups excluding carboxylic acids is 2. The summed E-state index contributed by atoms with van der Waals surface area (Å²) in [6.45, 7) is 1.94. The summed E-state index contributed by atoms with van der Waals surface area (Å²) in [5.41, 5.74) is 0.676. The third kappa shape index (κ3) is 6.72. The number of carbonyl (C=O) groups is 2. The monoisotopic (exact) mass is 497 g/mol. The van der Waals surface area contributed by atoms with E-state index in [9.17, 15) is 22.8 Å². The largest absolute Gasteiger partial charge is 0.416 e. The van der Waals surface area contributed by atoms with Gasteiger partial charge in [-0.2, -0.15) is 13.2 Å². The number of hydrogen-bond donors (Lipinski definition) is 2. The minimum Gasteiger partial charge on any atom is -0.326 e. The first-order valence-corrected chi connectivity index (χ1v) is 10.9. The number of nitrogens with zero attached hydrogens (tertiary/aromatic N) is 3. The number of aryl methyl sites for hydroxylation is 1. The minimum absolute atomic E-state index is 0.0121. The molecule has 3 aromatic rings. The lowest BCUT2D eigenvalue weighted by Gasteiger charge is -2.11. The van der Waals surface area contributed by atoms with Crippen molar-refractivity contribution < 1.29 is 22.8 Å². The Labute approximate surface area is 196 Å². The van der Waals surface area contributed by atoms with E-state index >= 15 is 0 Å². The van der Waals surface area contributed by atoms with Crippen molar-refractivity contribution in [2.24, 2.45) is 7.05 Å². The number of halogens is 4. The number of benzene rings is 2. The lowest BCUT2D eigenvalue weighted by Crippen LogP contribution is -2.17. The molecule has 0 aliphatic heterocycles. The van der Waals surface area contributed by atoms with Gasteiger partial charge in [0.1, 0.15) is 5.82 Å². The summed E-state index contributed by atoms with van der Waals surface area (Å²) in [5, 5.41) is 13.5. The van der Waals surface area contributed by atoms with Crippen LogP contribution < -0.4 is 10.6 Å². The first-order chi connectivity index (χ1) is 15.5. The highest BCUT2D eigenvalue weighted by Crippen LogP contribution is 2.34. The lowest BCUT2D eigenvalue weighted by atomic mass is 10.2. The molecule has 0 saturated heterocycles. The Morgan fingerprint density at radius 3 is 2.42 bits per heavy atom. The molecule has 0 aliphatic rings. The average molecular weight is 498 g/mol. The van der Waals surface area contributed by atoms with E-state index < -0.39 is 17.6 Å². The Morgan fingerprint density at radius 1 is 1.06 bits per heavy atom. The van der Waals surface area contributed by atoms with Crippen molar-refractivity contribution in [3.63, 3.8) is 0 Å². The number of anilines is 2. The summed E-state index contributed by atoms with van der Waals surface area (Å²) >= 11 is 6.92. The van der Waals surface area contributed by atoms with Crippen LogP contribution in [0.15, 0.2) is 47.6 Å². The van der Waals surface area contributed by atoms with Gasteiger partial charge in [0, 0.05) is 12.7 Å². The summed E-state index contributed by atoms with van der Waals surface area (Å²) in [6.07, 6.45) is -4.58. The zero-order valence-electron chi connectivity index (χ0n) is 17.5. The molecule has 7 nitrogen and oxygen atoms in total.